The van der Waals surface area contributed by atoms with E-state index in [0.717, 1.165) is 40.3 Å². The SMILES string of the molecule is CC1(C(=O)OC2CC3C4CC4C(C2)[N+]3(C)C)c2ccccc2-c2ccccc21. The second-order valence-corrected chi connectivity index (χ2v) is 10.0. The summed E-state index contributed by atoms with van der Waals surface area (Å²) in [6, 6.07) is 17.9. The van der Waals surface area contributed by atoms with Crippen molar-refractivity contribution in [2.75, 3.05) is 14.1 Å². The van der Waals surface area contributed by atoms with Crippen LogP contribution in [0.2, 0.25) is 0 Å². The molecule has 2 aromatic rings. The summed E-state index contributed by atoms with van der Waals surface area (Å²) in [5.41, 5.74) is 3.79. The Kier molecular flexibility index (Phi) is 3.16. The summed E-state index contributed by atoms with van der Waals surface area (Å²) < 4.78 is 7.42. The van der Waals surface area contributed by atoms with Gasteiger partial charge in [0.05, 0.1) is 26.2 Å². The first-order valence-electron chi connectivity index (χ1n) is 10.7. The number of esters is 1. The van der Waals surface area contributed by atoms with Gasteiger partial charge in [0.25, 0.3) is 0 Å². The molecule has 2 bridgehead atoms. The van der Waals surface area contributed by atoms with Crippen molar-refractivity contribution in [1.82, 2.24) is 0 Å². The highest BCUT2D eigenvalue weighted by molar-refractivity contribution is 5.97. The quantitative estimate of drug-likeness (QED) is 0.583. The van der Waals surface area contributed by atoms with Crippen molar-refractivity contribution in [2.24, 2.45) is 11.8 Å². The third kappa shape index (κ3) is 1.96. The fraction of sp³-hybridized carbons (Fsp3) is 0.480. The van der Waals surface area contributed by atoms with Crippen LogP contribution in [0.25, 0.3) is 11.1 Å². The lowest BCUT2D eigenvalue weighted by atomic mass is 9.80. The molecule has 28 heavy (non-hydrogen) atoms. The predicted molar refractivity (Wildman–Crippen MR) is 109 cm³/mol. The van der Waals surface area contributed by atoms with Gasteiger partial charge in [0.2, 0.25) is 0 Å². The van der Waals surface area contributed by atoms with Crippen molar-refractivity contribution >= 4 is 5.97 Å². The van der Waals surface area contributed by atoms with Crippen LogP contribution >= 0.6 is 0 Å². The van der Waals surface area contributed by atoms with Gasteiger partial charge in [0.1, 0.15) is 11.5 Å². The van der Waals surface area contributed by atoms with Crippen LogP contribution < -0.4 is 0 Å². The molecule has 2 saturated heterocycles. The number of fused-ring (bicyclic) bond motifs is 8. The number of nitrogens with zero attached hydrogens (tertiary/aromatic N) is 1. The Balaban J connectivity index is 1.33. The number of rotatable bonds is 2. The first kappa shape index (κ1) is 16.8. The third-order valence-electron chi connectivity index (χ3n) is 8.50. The van der Waals surface area contributed by atoms with E-state index in [1.165, 1.54) is 17.5 Å². The number of hydrogen-bond acceptors (Lipinski definition) is 2. The summed E-state index contributed by atoms with van der Waals surface area (Å²) in [5.74, 6) is 1.66. The first-order valence-corrected chi connectivity index (χ1v) is 10.7. The van der Waals surface area contributed by atoms with Crippen molar-refractivity contribution in [1.29, 1.82) is 0 Å². The lowest BCUT2D eigenvalue weighted by molar-refractivity contribution is -0.937. The molecule has 3 heteroatoms. The second-order valence-electron chi connectivity index (χ2n) is 10.0. The van der Waals surface area contributed by atoms with Gasteiger partial charge in [-0.2, -0.15) is 0 Å². The number of hydrogen-bond donors (Lipinski definition) is 0. The summed E-state index contributed by atoms with van der Waals surface area (Å²) >= 11 is 0. The molecule has 0 radical (unpaired) electrons. The molecule has 4 aliphatic rings. The van der Waals surface area contributed by atoms with E-state index in [-0.39, 0.29) is 12.1 Å². The minimum atomic E-state index is -0.711. The lowest BCUT2D eigenvalue weighted by Crippen LogP contribution is -2.59. The monoisotopic (exact) mass is 374 g/mol. The maximum absolute atomic E-state index is 13.6. The Labute approximate surface area is 166 Å². The molecule has 2 aliphatic carbocycles. The Morgan fingerprint density at radius 2 is 1.39 bits per heavy atom. The Bertz CT molecular complexity index is 928. The second kappa shape index (κ2) is 5.27. The smallest absolute Gasteiger partial charge is 0.321 e. The molecule has 2 heterocycles. The molecule has 4 unspecified atom stereocenters. The van der Waals surface area contributed by atoms with E-state index in [1.54, 1.807) is 0 Å². The van der Waals surface area contributed by atoms with Gasteiger partial charge in [-0.05, 0) is 35.6 Å². The van der Waals surface area contributed by atoms with Crippen LogP contribution in [0, 0.1) is 11.8 Å². The highest BCUT2D eigenvalue weighted by atomic mass is 16.5. The average molecular weight is 375 g/mol. The molecular formula is C25H28NO2+. The van der Waals surface area contributed by atoms with E-state index in [9.17, 15) is 4.79 Å². The van der Waals surface area contributed by atoms with Crippen molar-refractivity contribution in [3.8, 4) is 11.1 Å². The predicted octanol–water partition coefficient (Wildman–Crippen LogP) is 4.14. The molecule has 6 rings (SSSR count). The zero-order chi connectivity index (χ0) is 19.3. The molecule has 4 atom stereocenters. The molecule has 3 nitrogen and oxygen atoms in total. The zero-order valence-corrected chi connectivity index (χ0v) is 16.9. The van der Waals surface area contributed by atoms with E-state index in [4.69, 9.17) is 4.74 Å². The molecule has 0 aromatic heterocycles. The van der Waals surface area contributed by atoms with Crippen LogP contribution in [0.4, 0.5) is 0 Å². The highest BCUT2D eigenvalue weighted by Crippen LogP contribution is 2.61. The van der Waals surface area contributed by atoms with Gasteiger partial charge in [-0.25, -0.2) is 0 Å². The average Bonchev–Trinajstić information content (AvgIpc) is 3.40. The molecular weight excluding hydrogens is 346 g/mol. The van der Waals surface area contributed by atoms with Crippen LogP contribution in [-0.2, 0) is 14.9 Å². The van der Waals surface area contributed by atoms with E-state index in [1.807, 2.05) is 12.1 Å². The van der Waals surface area contributed by atoms with Crippen molar-refractivity contribution in [3.63, 3.8) is 0 Å². The normalized spacial score (nSPS) is 34.9. The highest BCUT2D eigenvalue weighted by Gasteiger charge is 2.68. The number of carbonyl (C=O) groups excluding carboxylic acids is 1. The number of quaternary nitrogens is 1. The fourth-order valence-electron chi connectivity index (χ4n) is 6.92. The topological polar surface area (TPSA) is 26.3 Å². The van der Waals surface area contributed by atoms with E-state index in [2.05, 4.69) is 57.4 Å². The van der Waals surface area contributed by atoms with Gasteiger partial charge in [-0.15, -0.1) is 0 Å². The van der Waals surface area contributed by atoms with Gasteiger partial charge in [0, 0.05) is 24.7 Å². The summed E-state index contributed by atoms with van der Waals surface area (Å²) in [6.07, 6.45) is 3.51. The summed E-state index contributed by atoms with van der Waals surface area (Å²) in [5, 5.41) is 0. The third-order valence-corrected chi connectivity index (χ3v) is 8.50. The largest absolute Gasteiger partial charge is 0.461 e. The van der Waals surface area contributed by atoms with E-state index >= 15 is 0 Å². The molecule has 2 aromatic carbocycles. The Morgan fingerprint density at radius 3 is 1.93 bits per heavy atom. The zero-order valence-electron chi connectivity index (χ0n) is 16.9. The van der Waals surface area contributed by atoms with Crippen molar-refractivity contribution in [2.45, 2.75) is 49.8 Å². The summed E-state index contributed by atoms with van der Waals surface area (Å²) in [4.78, 5) is 13.6. The molecule has 0 amide bonds. The fourth-order valence-corrected chi connectivity index (χ4v) is 6.92. The minimum absolute atomic E-state index is 0.0678. The summed E-state index contributed by atoms with van der Waals surface area (Å²) in [6.45, 7) is 2.05. The Hall–Kier alpha value is -2.13. The van der Waals surface area contributed by atoms with Crippen LogP contribution in [0.15, 0.2) is 48.5 Å². The van der Waals surface area contributed by atoms with E-state index < -0.39 is 5.41 Å². The maximum atomic E-state index is 13.6. The van der Waals surface area contributed by atoms with Crippen molar-refractivity contribution < 1.29 is 14.0 Å². The van der Waals surface area contributed by atoms with Gasteiger partial charge >= 0.3 is 5.97 Å². The standard InChI is InChI=1S/C25H28NO2/c1-25(20-10-6-4-8-16(20)17-9-5-7-11-21(17)25)24(27)28-15-12-22-18-14-19(18)23(13-15)26(22,2)3/h4-11,15,18-19,22-23H,12-14H2,1-3H3/q+1. The minimum Gasteiger partial charge on any atom is -0.461 e. The molecule has 2 aliphatic heterocycles. The number of carbonyl (C=O) groups is 1. The summed E-state index contributed by atoms with van der Waals surface area (Å²) in [7, 11) is 4.76. The number of benzene rings is 2. The molecule has 0 N–H and O–H groups in total. The van der Waals surface area contributed by atoms with Crippen LogP contribution in [0.3, 0.4) is 0 Å². The van der Waals surface area contributed by atoms with Gasteiger partial charge in [0.15, 0.2) is 0 Å². The first-order chi connectivity index (χ1) is 13.4. The molecule has 1 saturated carbocycles. The van der Waals surface area contributed by atoms with E-state index in [0.29, 0.717) is 12.1 Å². The van der Waals surface area contributed by atoms with Crippen LogP contribution in [0.5, 0.6) is 0 Å². The molecule has 3 fully saturated rings. The van der Waals surface area contributed by atoms with Gasteiger partial charge < -0.3 is 9.22 Å². The van der Waals surface area contributed by atoms with Crippen LogP contribution in [0.1, 0.15) is 37.3 Å². The number of ether oxygens (including phenoxy) is 1. The maximum Gasteiger partial charge on any atom is 0.321 e. The lowest BCUT2D eigenvalue weighted by Gasteiger charge is -2.46. The molecule has 144 valence electrons. The van der Waals surface area contributed by atoms with Gasteiger partial charge in [-0.1, -0.05) is 48.5 Å². The van der Waals surface area contributed by atoms with Gasteiger partial charge in [-0.3, -0.25) is 4.79 Å². The molecule has 0 spiro atoms. The van der Waals surface area contributed by atoms with Crippen LogP contribution in [-0.4, -0.2) is 42.7 Å². The van der Waals surface area contributed by atoms with Crippen molar-refractivity contribution in [3.05, 3.63) is 59.7 Å². The number of piperidine rings is 2. The Morgan fingerprint density at radius 1 is 0.893 bits per heavy atom.